The van der Waals surface area contributed by atoms with E-state index in [4.69, 9.17) is 10.5 Å². The zero-order valence-electron chi connectivity index (χ0n) is 5.93. The van der Waals surface area contributed by atoms with Gasteiger partial charge in [-0.25, -0.2) is 0 Å². The maximum absolute atomic E-state index is 5.75. The molecule has 0 saturated carbocycles. The van der Waals surface area contributed by atoms with Crippen molar-refractivity contribution in [1.29, 1.82) is 0 Å². The minimum atomic E-state index is 0.128. The molecule has 2 N–H and O–H groups in total. The second-order valence-corrected chi connectivity index (χ2v) is 4.50. The molecule has 0 spiro atoms. The van der Waals surface area contributed by atoms with E-state index < -0.39 is 0 Å². The van der Waals surface area contributed by atoms with Gasteiger partial charge in [-0.15, -0.1) is 0 Å². The van der Waals surface area contributed by atoms with Gasteiger partial charge >= 0.3 is 71.2 Å². The van der Waals surface area contributed by atoms with Crippen LogP contribution in [0.25, 0.3) is 0 Å². The number of alkyl halides is 1. The number of nitrogens with two attached hydrogens (primary N) is 1. The fourth-order valence-corrected chi connectivity index (χ4v) is 3.12. The molecule has 0 aromatic carbocycles. The Hall–Kier alpha value is -0.0300. The van der Waals surface area contributed by atoms with Crippen molar-refractivity contribution in [2.24, 2.45) is 5.73 Å². The van der Waals surface area contributed by atoms with Gasteiger partial charge in [0.1, 0.15) is 0 Å². The zero-order valence-corrected chi connectivity index (χ0v) is 8.09. The number of methoxy groups -OCH3 is 1. The van der Waals surface area contributed by atoms with Crippen LogP contribution in [0.5, 0.6) is 0 Å². The molecule has 0 amide bonds. The monoisotopic (exact) mass is 252 g/mol. The van der Waals surface area contributed by atoms with Crippen LogP contribution in [0.3, 0.4) is 0 Å². The van der Waals surface area contributed by atoms with E-state index >= 15 is 0 Å². The number of hydrogen-bond acceptors (Lipinski definition) is 2. The van der Waals surface area contributed by atoms with Gasteiger partial charge in [0.25, 0.3) is 0 Å². The molecule has 0 aromatic rings. The summed E-state index contributed by atoms with van der Waals surface area (Å²) in [7, 11) is 1.67. The van der Waals surface area contributed by atoms with Gasteiger partial charge in [0, 0.05) is 0 Å². The predicted octanol–water partition coefficient (Wildman–Crippen LogP) is -2.54. The molecule has 0 radical (unpaired) electrons. The quantitative estimate of drug-likeness (QED) is 0.412. The van der Waals surface area contributed by atoms with E-state index in [9.17, 15) is 0 Å². The van der Waals surface area contributed by atoms with Crippen molar-refractivity contribution < 1.29 is 25.9 Å². The molecular formula is C7H11INO-. The van der Waals surface area contributed by atoms with Crippen molar-refractivity contribution in [2.75, 3.05) is 11.5 Å². The Morgan fingerprint density at radius 2 is 2.60 bits per heavy atom. The van der Waals surface area contributed by atoms with Crippen LogP contribution in [-0.4, -0.2) is 17.6 Å². The molecule has 1 aliphatic heterocycles. The molecule has 3 heteroatoms. The van der Waals surface area contributed by atoms with E-state index in [1.807, 2.05) is 0 Å². The van der Waals surface area contributed by atoms with Crippen LogP contribution in [0.15, 0.2) is 22.0 Å². The average molecular weight is 252 g/mol. The number of rotatable bonds is 1. The van der Waals surface area contributed by atoms with Crippen LogP contribution in [-0.2, 0) is 4.74 Å². The Bertz CT molecular complexity index is 176. The zero-order chi connectivity index (χ0) is 7.56. The van der Waals surface area contributed by atoms with E-state index in [1.54, 1.807) is 7.11 Å². The number of hydrogen-bond donors (Lipinski definition) is 1. The Balaban J connectivity index is 2.72. The maximum atomic E-state index is 5.75. The Kier molecular flexibility index (Phi) is 2.73. The summed E-state index contributed by atoms with van der Waals surface area (Å²) in [6.45, 7) is 3.85. The van der Waals surface area contributed by atoms with Crippen molar-refractivity contribution >= 4 is 0 Å². The third kappa shape index (κ3) is 1.52. The molecule has 0 bridgehead atoms. The second-order valence-electron chi connectivity index (χ2n) is 2.12. The fraction of sp³-hybridized carbons (Fsp3) is 0.429. The van der Waals surface area contributed by atoms with E-state index in [-0.39, 0.29) is 27.2 Å². The minimum absolute atomic E-state index is 0.128. The molecule has 1 rings (SSSR count). The van der Waals surface area contributed by atoms with Crippen molar-refractivity contribution in [3.05, 3.63) is 22.0 Å². The molecule has 0 fully saturated rings. The first-order valence-electron chi connectivity index (χ1n) is 3.02. The van der Waals surface area contributed by atoms with Crippen LogP contribution < -0.4 is 26.9 Å². The van der Waals surface area contributed by atoms with Crippen LogP contribution in [0.4, 0.5) is 0 Å². The molecule has 2 nitrogen and oxygen atoms in total. The molecular weight excluding hydrogens is 241 g/mol. The van der Waals surface area contributed by atoms with Gasteiger partial charge in [-0.1, -0.05) is 0 Å². The van der Waals surface area contributed by atoms with Crippen LogP contribution >= 0.6 is 0 Å². The third-order valence-corrected chi connectivity index (χ3v) is 3.88. The molecule has 0 aliphatic carbocycles. The van der Waals surface area contributed by atoms with E-state index in [0.717, 1.165) is 15.8 Å². The molecule has 58 valence electrons. The summed E-state index contributed by atoms with van der Waals surface area (Å²) in [5, 5.41) is 0. The Labute approximate surface area is 71.4 Å². The summed E-state index contributed by atoms with van der Waals surface area (Å²) < 4.78 is 8.33. The van der Waals surface area contributed by atoms with Gasteiger partial charge in [0.05, 0.1) is 0 Å². The summed E-state index contributed by atoms with van der Waals surface area (Å²) in [4.78, 5) is 0. The normalized spacial score (nSPS) is 26.8. The molecule has 1 atom stereocenters. The predicted molar refractivity (Wildman–Crippen MR) is 37.1 cm³/mol. The molecule has 0 unspecified atom stereocenters. The summed E-state index contributed by atoms with van der Waals surface area (Å²) in [5.74, 6) is 0.909. The van der Waals surface area contributed by atoms with E-state index in [0.29, 0.717) is 0 Å². The topological polar surface area (TPSA) is 35.2 Å². The number of ether oxygens (including phenoxy) is 1. The Morgan fingerprint density at radius 3 is 3.10 bits per heavy atom. The van der Waals surface area contributed by atoms with Gasteiger partial charge in [0.2, 0.25) is 0 Å². The van der Waals surface area contributed by atoms with Gasteiger partial charge < -0.3 is 0 Å². The van der Waals surface area contributed by atoms with Crippen molar-refractivity contribution in [1.82, 2.24) is 0 Å². The SMILES string of the molecule is C=C1C(OC)=C[I-]C[C@@H]1N. The van der Waals surface area contributed by atoms with Crippen molar-refractivity contribution in [3.63, 3.8) is 0 Å². The molecule has 0 saturated heterocycles. The average Bonchev–Trinajstić information content (AvgIpc) is 1.95. The van der Waals surface area contributed by atoms with E-state index in [1.165, 1.54) is 0 Å². The molecule has 1 aliphatic rings. The summed E-state index contributed by atoms with van der Waals surface area (Å²) >= 11 is 0.128. The summed E-state index contributed by atoms with van der Waals surface area (Å²) in [5.41, 5.74) is 6.70. The van der Waals surface area contributed by atoms with Gasteiger partial charge in [-0.05, 0) is 0 Å². The van der Waals surface area contributed by atoms with E-state index in [2.05, 4.69) is 10.7 Å². The Morgan fingerprint density at radius 1 is 1.90 bits per heavy atom. The molecule has 0 aromatic heterocycles. The van der Waals surface area contributed by atoms with Gasteiger partial charge in [-0.3, -0.25) is 0 Å². The van der Waals surface area contributed by atoms with Crippen molar-refractivity contribution in [2.45, 2.75) is 6.04 Å². The number of halogens is 1. The first-order chi connectivity index (χ1) is 4.75. The fourth-order valence-electron chi connectivity index (χ4n) is 0.732. The molecule has 1 heterocycles. The summed E-state index contributed by atoms with van der Waals surface area (Å²) in [6, 6.07) is 0.146. The van der Waals surface area contributed by atoms with Crippen LogP contribution in [0.2, 0.25) is 0 Å². The summed E-state index contributed by atoms with van der Waals surface area (Å²) in [6.07, 6.45) is 0. The molecule has 10 heavy (non-hydrogen) atoms. The van der Waals surface area contributed by atoms with Crippen LogP contribution in [0, 0.1) is 0 Å². The third-order valence-electron chi connectivity index (χ3n) is 1.42. The standard InChI is InChI=1S/C7H11INO/c1-5-6(9)3-8-4-7(5)10-2/h4,6H,1,3,9H2,2H3/q-1/t6-/m0/s1. The first kappa shape index (κ1) is 8.07. The second kappa shape index (κ2) is 3.39. The first-order valence-corrected chi connectivity index (χ1v) is 5.79. The van der Waals surface area contributed by atoms with Crippen molar-refractivity contribution in [3.8, 4) is 0 Å². The van der Waals surface area contributed by atoms with Crippen LogP contribution in [0.1, 0.15) is 0 Å². The van der Waals surface area contributed by atoms with Gasteiger partial charge in [-0.2, -0.15) is 0 Å². The van der Waals surface area contributed by atoms with Gasteiger partial charge in [0.15, 0.2) is 0 Å².